The van der Waals surface area contributed by atoms with Crippen LogP contribution in [0.2, 0.25) is 0 Å². The molecule has 2 saturated carbocycles. The Morgan fingerprint density at radius 3 is 2.64 bits per heavy atom. The number of rotatable bonds is 8. The zero-order valence-electron chi connectivity index (χ0n) is 14.3. The Morgan fingerprint density at radius 2 is 2.00 bits per heavy atom. The van der Waals surface area contributed by atoms with Crippen molar-refractivity contribution >= 4 is 11.9 Å². The molecule has 0 spiro atoms. The zero-order chi connectivity index (χ0) is 18.0. The van der Waals surface area contributed by atoms with E-state index < -0.39 is 11.6 Å². The van der Waals surface area contributed by atoms with Crippen LogP contribution in [0.1, 0.15) is 44.1 Å². The van der Waals surface area contributed by atoms with E-state index in [1.54, 1.807) is 17.9 Å². The molecule has 0 heterocycles. The second-order valence-corrected chi connectivity index (χ2v) is 6.90. The Bertz CT molecular complexity index is 660. The van der Waals surface area contributed by atoms with Gasteiger partial charge in [-0.05, 0) is 55.7 Å². The van der Waals surface area contributed by atoms with E-state index in [9.17, 15) is 18.4 Å². The molecule has 0 aliphatic heterocycles. The van der Waals surface area contributed by atoms with Crippen molar-refractivity contribution in [3.63, 3.8) is 0 Å². The highest BCUT2D eigenvalue weighted by atomic mass is 19.2. The van der Waals surface area contributed by atoms with Crippen LogP contribution >= 0.6 is 0 Å². The van der Waals surface area contributed by atoms with Gasteiger partial charge in [-0.2, -0.15) is 0 Å². The molecule has 25 heavy (non-hydrogen) atoms. The summed E-state index contributed by atoms with van der Waals surface area (Å²) < 4.78 is 31.4. The summed E-state index contributed by atoms with van der Waals surface area (Å²) in [5.41, 5.74) is 0.661. The number of hydrogen-bond donors (Lipinski definition) is 0. The monoisotopic (exact) mass is 351 g/mol. The predicted octanol–water partition coefficient (Wildman–Crippen LogP) is 3.26. The SMILES string of the molecule is CCOC(=O)CCN(CC1CC1)C(=O)C1CC1c1ccc(F)c(F)c1. The first-order valence-electron chi connectivity index (χ1n) is 8.89. The highest BCUT2D eigenvalue weighted by Crippen LogP contribution is 2.49. The van der Waals surface area contributed by atoms with E-state index in [2.05, 4.69) is 0 Å². The van der Waals surface area contributed by atoms with E-state index >= 15 is 0 Å². The maximum atomic E-state index is 13.4. The third kappa shape index (κ3) is 4.55. The molecule has 3 rings (SSSR count). The molecule has 0 bridgehead atoms. The highest BCUT2D eigenvalue weighted by Gasteiger charge is 2.46. The summed E-state index contributed by atoms with van der Waals surface area (Å²) in [6, 6.07) is 3.82. The van der Waals surface area contributed by atoms with E-state index in [1.807, 2.05) is 0 Å². The van der Waals surface area contributed by atoms with Gasteiger partial charge in [-0.25, -0.2) is 8.78 Å². The van der Waals surface area contributed by atoms with Gasteiger partial charge in [0.2, 0.25) is 5.91 Å². The lowest BCUT2D eigenvalue weighted by molar-refractivity contribution is -0.144. The summed E-state index contributed by atoms with van der Waals surface area (Å²) in [6.07, 6.45) is 3.06. The van der Waals surface area contributed by atoms with Crippen molar-refractivity contribution in [2.45, 2.75) is 38.5 Å². The molecule has 1 aromatic rings. The topological polar surface area (TPSA) is 46.6 Å². The zero-order valence-corrected chi connectivity index (χ0v) is 14.3. The largest absolute Gasteiger partial charge is 0.466 e. The van der Waals surface area contributed by atoms with Gasteiger partial charge >= 0.3 is 5.97 Å². The van der Waals surface area contributed by atoms with E-state index in [0.717, 1.165) is 18.9 Å². The summed E-state index contributed by atoms with van der Waals surface area (Å²) in [4.78, 5) is 26.1. The van der Waals surface area contributed by atoms with Crippen molar-refractivity contribution in [2.24, 2.45) is 11.8 Å². The quantitative estimate of drug-likeness (QED) is 0.676. The van der Waals surface area contributed by atoms with Crippen molar-refractivity contribution in [1.82, 2.24) is 4.90 Å². The molecule has 6 heteroatoms. The number of ether oxygens (including phenoxy) is 1. The number of halogens is 2. The molecule has 2 aliphatic rings. The van der Waals surface area contributed by atoms with Crippen LogP contribution in [0.15, 0.2) is 18.2 Å². The lowest BCUT2D eigenvalue weighted by Crippen LogP contribution is -2.36. The summed E-state index contributed by atoms with van der Waals surface area (Å²) >= 11 is 0. The molecule has 136 valence electrons. The van der Waals surface area contributed by atoms with Crippen LogP contribution in [-0.2, 0) is 14.3 Å². The number of nitrogens with zero attached hydrogens (tertiary/aromatic N) is 1. The number of hydrogen-bond acceptors (Lipinski definition) is 3. The van der Waals surface area contributed by atoms with Crippen molar-refractivity contribution in [3.8, 4) is 0 Å². The number of amides is 1. The average Bonchev–Trinajstić information content (AvgIpc) is 3.48. The van der Waals surface area contributed by atoms with Gasteiger partial charge in [-0.15, -0.1) is 0 Å². The molecule has 2 atom stereocenters. The van der Waals surface area contributed by atoms with Gasteiger partial charge in [0, 0.05) is 19.0 Å². The maximum Gasteiger partial charge on any atom is 0.307 e. The lowest BCUT2D eigenvalue weighted by Gasteiger charge is -2.22. The van der Waals surface area contributed by atoms with Crippen molar-refractivity contribution in [3.05, 3.63) is 35.4 Å². The first-order valence-corrected chi connectivity index (χ1v) is 8.89. The fourth-order valence-electron chi connectivity index (χ4n) is 3.18. The van der Waals surface area contributed by atoms with Crippen LogP contribution in [0.25, 0.3) is 0 Å². The highest BCUT2D eigenvalue weighted by molar-refractivity contribution is 5.83. The normalized spacial score (nSPS) is 21.7. The first-order chi connectivity index (χ1) is 12.0. The van der Waals surface area contributed by atoms with Gasteiger partial charge in [0.05, 0.1) is 13.0 Å². The fourth-order valence-corrected chi connectivity index (χ4v) is 3.18. The molecule has 1 aromatic carbocycles. The van der Waals surface area contributed by atoms with Gasteiger partial charge < -0.3 is 9.64 Å². The van der Waals surface area contributed by atoms with Crippen LogP contribution in [0.5, 0.6) is 0 Å². The van der Waals surface area contributed by atoms with Crippen molar-refractivity contribution in [2.75, 3.05) is 19.7 Å². The minimum Gasteiger partial charge on any atom is -0.466 e. The summed E-state index contributed by atoms with van der Waals surface area (Å²) in [6.45, 7) is 3.10. The van der Waals surface area contributed by atoms with Gasteiger partial charge in [0.25, 0.3) is 0 Å². The molecule has 2 unspecified atom stereocenters. The second-order valence-electron chi connectivity index (χ2n) is 6.90. The Labute approximate surface area is 146 Å². The smallest absolute Gasteiger partial charge is 0.307 e. The molecule has 1 amide bonds. The number of carbonyl (C=O) groups is 2. The van der Waals surface area contributed by atoms with E-state index in [-0.39, 0.29) is 30.1 Å². The average molecular weight is 351 g/mol. The third-order valence-corrected chi connectivity index (χ3v) is 4.86. The van der Waals surface area contributed by atoms with Crippen molar-refractivity contribution < 1.29 is 23.1 Å². The maximum absolute atomic E-state index is 13.4. The van der Waals surface area contributed by atoms with Crippen molar-refractivity contribution in [1.29, 1.82) is 0 Å². The summed E-state index contributed by atoms with van der Waals surface area (Å²) in [5, 5.41) is 0. The molecule has 0 aromatic heterocycles. The molecular weight excluding hydrogens is 328 g/mol. The molecule has 0 saturated heterocycles. The van der Waals surface area contributed by atoms with Gasteiger partial charge in [0.15, 0.2) is 11.6 Å². The van der Waals surface area contributed by atoms with Gasteiger partial charge in [-0.3, -0.25) is 9.59 Å². The summed E-state index contributed by atoms with van der Waals surface area (Å²) in [5.74, 6) is -1.80. The van der Waals surface area contributed by atoms with Crippen LogP contribution < -0.4 is 0 Å². The van der Waals surface area contributed by atoms with Gasteiger partial charge in [0.1, 0.15) is 0 Å². The van der Waals surface area contributed by atoms with Crippen LogP contribution in [0.4, 0.5) is 8.78 Å². The first kappa shape index (κ1) is 17.8. The standard InChI is InChI=1S/C19H23F2NO3/c1-2-25-18(23)7-8-22(11-12-3-4-12)19(24)15-10-14(15)13-5-6-16(20)17(21)9-13/h5-6,9,12,14-15H,2-4,7-8,10-11H2,1H3. The van der Waals surface area contributed by atoms with E-state index in [0.29, 0.717) is 37.6 Å². The lowest BCUT2D eigenvalue weighted by atomic mass is 10.1. The molecule has 2 aliphatic carbocycles. The number of benzene rings is 1. The molecular formula is C19H23F2NO3. The molecule has 4 nitrogen and oxygen atoms in total. The number of carbonyl (C=O) groups excluding carboxylic acids is 2. The minimum atomic E-state index is -0.882. The Hall–Kier alpha value is -1.98. The number of esters is 1. The van der Waals surface area contributed by atoms with E-state index in [4.69, 9.17) is 4.74 Å². The minimum absolute atomic E-state index is 0.00549. The third-order valence-electron chi connectivity index (χ3n) is 4.86. The Kier molecular flexibility index (Phi) is 5.35. The van der Waals surface area contributed by atoms with Crippen LogP contribution in [0.3, 0.4) is 0 Å². The van der Waals surface area contributed by atoms with E-state index in [1.165, 1.54) is 6.07 Å². The second kappa shape index (κ2) is 7.50. The fraction of sp³-hybridized carbons (Fsp3) is 0.579. The predicted molar refractivity (Wildman–Crippen MR) is 87.8 cm³/mol. The van der Waals surface area contributed by atoms with Gasteiger partial charge in [-0.1, -0.05) is 6.07 Å². The Balaban J connectivity index is 1.60. The van der Waals surface area contributed by atoms with Crippen LogP contribution in [0, 0.1) is 23.5 Å². The molecule has 0 radical (unpaired) electrons. The molecule has 2 fully saturated rings. The molecule has 0 N–H and O–H groups in total. The Morgan fingerprint density at radius 1 is 1.24 bits per heavy atom. The van der Waals surface area contributed by atoms with Crippen LogP contribution in [-0.4, -0.2) is 36.5 Å². The summed E-state index contributed by atoms with van der Waals surface area (Å²) in [7, 11) is 0.